The predicted molar refractivity (Wildman–Crippen MR) is 79.9 cm³/mol. The summed E-state index contributed by atoms with van der Waals surface area (Å²) in [6, 6.07) is 5.04. The lowest BCUT2D eigenvalue weighted by atomic mass is 9.86. The number of carbonyl (C=O) groups is 1. The first kappa shape index (κ1) is 14.7. The first-order chi connectivity index (χ1) is 8.99. The number of likely N-dealkylation sites (tertiary alicyclic amines) is 1. The van der Waals surface area contributed by atoms with E-state index in [0.717, 1.165) is 31.8 Å². The van der Waals surface area contributed by atoms with Gasteiger partial charge < -0.3 is 4.90 Å². The van der Waals surface area contributed by atoms with Crippen LogP contribution in [-0.4, -0.2) is 23.9 Å². The van der Waals surface area contributed by atoms with E-state index in [1.54, 1.807) is 18.2 Å². The van der Waals surface area contributed by atoms with Gasteiger partial charge in [-0.25, -0.2) is 0 Å². The number of rotatable bonds is 2. The second-order valence-electron chi connectivity index (χ2n) is 5.50. The van der Waals surface area contributed by atoms with Crippen LogP contribution in [0.3, 0.4) is 0 Å². The van der Waals surface area contributed by atoms with Gasteiger partial charge in [-0.1, -0.05) is 37.0 Å². The molecule has 0 bridgehead atoms. The number of hydrogen-bond acceptors (Lipinski definition) is 1. The van der Waals surface area contributed by atoms with Crippen molar-refractivity contribution in [3.8, 4) is 0 Å². The summed E-state index contributed by atoms with van der Waals surface area (Å²) >= 11 is 11.9. The molecule has 0 radical (unpaired) electrons. The molecule has 104 valence electrons. The molecule has 4 heteroatoms. The Hall–Kier alpha value is -0.730. The van der Waals surface area contributed by atoms with Gasteiger partial charge in [0.05, 0.1) is 10.6 Å². The Morgan fingerprint density at radius 1 is 1.26 bits per heavy atom. The zero-order valence-electron chi connectivity index (χ0n) is 11.3. The van der Waals surface area contributed by atoms with E-state index in [4.69, 9.17) is 23.2 Å². The zero-order valence-corrected chi connectivity index (χ0v) is 12.8. The highest BCUT2D eigenvalue weighted by atomic mass is 35.5. The quantitative estimate of drug-likeness (QED) is 0.787. The highest BCUT2D eigenvalue weighted by Crippen LogP contribution is 2.27. The van der Waals surface area contributed by atoms with Gasteiger partial charge in [0.1, 0.15) is 0 Å². The number of amides is 1. The molecular formula is C15H19Cl2NO. The molecule has 1 aliphatic rings. The summed E-state index contributed by atoms with van der Waals surface area (Å²) in [5.74, 6) is 1.44. The third-order valence-electron chi connectivity index (χ3n) is 3.93. The van der Waals surface area contributed by atoms with Crippen LogP contribution < -0.4 is 0 Å². The Bertz CT molecular complexity index is 465. The molecule has 1 saturated heterocycles. The van der Waals surface area contributed by atoms with Gasteiger partial charge in [-0.2, -0.15) is 0 Å². The van der Waals surface area contributed by atoms with Crippen LogP contribution in [0.1, 0.15) is 37.0 Å². The molecule has 1 aromatic carbocycles. The summed E-state index contributed by atoms with van der Waals surface area (Å²) in [5.41, 5.74) is 0.550. The average Bonchev–Trinajstić information content (AvgIpc) is 2.38. The molecule has 0 atom stereocenters. The maximum Gasteiger partial charge on any atom is 0.255 e. The summed E-state index contributed by atoms with van der Waals surface area (Å²) in [6.45, 7) is 6.14. The molecule has 0 saturated carbocycles. The SMILES string of the molecule is CC(C)C1CCN(C(=O)c2ccc(Cl)cc2Cl)CC1. The molecule has 1 aromatic rings. The number of benzene rings is 1. The van der Waals surface area contributed by atoms with E-state index < -0.39 is 0 Å². The molecule has 19 heavy (non-hydrogen) atoms. The molecule has 1 aliphatic heterocycles. The number of nitrogens with zero attached hydrogens (tertiary/aromatic N) is 1. The van der Waals surface area contributed by atoms with Crippen molar-refractivity contribution in [1.82, 2.24) is 4.90 Å². The summed E-state index contributed by atoms with van der Waals surface area (Å²) in [5, 5.41) is 0.989. The fraction of sp³-hybridized carbons (Fsp3) is 0.533. The summed E-state index contributed by atoms with van der Waals surface area (Å²) in [6.07, 6.45) is 2.16. The van der Waals surface area contributed by atoms with E-state index in [2.05, 4.69) is 13.8 Å². The van der Waals surface area contributed by atoms with Crippen molar-refractivity contribution in [3.63, 3.8) is 0 Å². The van der Waals surface area contributed by atoms with E-state index >= 15 is 0 Å². The lowest BCUT2D eigenvalue weighted by molar-refractivity contribution is 0.0668. The van der Waals surface area contributed by atoms with Gasteiger partial charge in [-0.15, -0.1) is 0 Å². The van der Waals surface area contributed by atoms with Gasteiger partial charge >= 0.3 is 0 Å². The molecule has 2 nitrogen and oxygen atoms in total. The molecule has 0 unspecified atom stereocenters. The highest BCUT2D eigenvalue weighted by molar-refractivity contribution is 6.36. The van der Waals surface area contributed by atoms with Crippen LogP contribution in [0.25, 0.3) is 0 Å². The van der Waals surface area contributed by atoms with Gasteiger partial charge in [-0.05, 0) is 42.9 Å². The third kappa shape index (κ3) is 3.43. The van der Waals surface area contributed by atoms with E-state index in [1.807, 2.05) is 4.90 Å². The first-order valence-electron chi connectivity index (χ1n) is 6.73. The van der Waals surface area contributed by atoms with E-state index in [0.29, 0.717) is 21.5 Å². The standard InChI is InChI=1S/C15H19Cl2NO/c1-10(2)11-5-7-18(8-6-11)15(19)13-4-3-12(16)9-14(13)17/h3-4,9-11H,5-8H2,1-2H3. The Morgan fingerprint density at radius 2 is 1.89 bits per heavy atom. The fourth-order valence-electron chi connectivity index (χ4n) is 2.60. The summed E-state index contributed by atoms with van der Waals surface area (Å²) in [4.78, 5) is 14.3. The molecular weight excluding hydrogens is 281 g/mol. The Morgan fingerprint density at radius 3 is 2.42 bits per heavy atom. The number of piperidine rings is 1. The van der Waals surface area contributed by atoms with Crippen LogP contribution in [0, 0.1) is 11.8 Å². The normalized spacial score (nSPS) is 17.0. The Balaban J connectivity index is 2.05. The van der Waals surface area contributed by atoms with Crippen molar-refractivity contribution in [3.05, 3.63) is 33.8 Å². The maximum absolute atomic E-state index is 12.4. The lowest BCUT2D eigenvalue weighted by Gasteiger charge is -2.34. The van der Waals surface area contributed by atoms with Crippen molar-refractivity contribution in [2.45, 2.75) is 26.7 Å². The van der Waals surface area contributed by atoms with Gasteiger partial charge in [0.25, 0.3) is 5.91 Å². The Labute approximate surface area is 124 Å². The highest BCUT2D eigenvalue weighted by Gasteiger charge is 2.26. The lowest BCUT2D eigenvalue weighted by Crippen LogP contribution is -2.39. The number of carbonyl (C=O) groups excluding carboxylic acids is 1. The van der Waals surface area contributed by atoms with Crippen molar-refractivity contribution < 1.29 is 4.79 Å². The van der Waals surface area contributed by atoms with E-state index in [1.165, 1.54) is 0 Å². The Kier molecular flexibility index (Phi) is 4.75. The first-order valence-corrected chi connectivity index (χ1v) is 7.49. The minimum Gasteiger partial charge on any atom is -0.339 e. The summed E-state index contributed by atoms with van der Waals surface area (Å²) in [7, 11) is 0. The number of hydrogen-bond donors (Lipinski definition) is 0. The van der Waals surface area contributed by atoms with Gasteiger partial charge in [0.15, 0.2) is 0 Å². The van der Waals surface area contributed by atoms with Crippen molar-refractivity contribution in [2.24, 2.45) is 11.8 Å². The predicted octanol–water partition coefficient (Wildman–Crippen LogP) is 4.50. The molecule has 0 aliphatic carbocycles. The molecule has 2 rings (SSSR count). The van der Waals surface area contributed by atoms with Crippen molar-refractivity contribution >= 4 is 29.1 Å². The molecule has 0 N–H and O–H groups in total. The topological polar surface area (TPSA) is 20.3 Å². The number of halogens is 2. The maximum atomic E-state index is 12.4. The van der Waals surface area contributed by atoms with Crippen molar-refractivity contribution in [1.29, 1.82) is 0 Å². The van der Waals surface area contributed by atoms with Crippen molar-refractivity contribution in [2.75, 3.05) is 13.1 Å². The van der Waals surface area contributed by atoms with Crippen LogP contribution in [0.2, 0.25) is 10.0 Å². The van der Waals surface area contributed by atoms with Gasteiger partial charge in [-0.3, -0.25) is 4.79 Å². The zero-order chi connectivity index (χ0) is 14.0. The van der Waals surface area contributed by atoms with E-state index in [-0.39, 0.29) is 5.91 Å². The van der Waals surface area contributed by atoms with Gasteiger partial charge in [0.2, 0.25) is 0 Å². The minimum absolute atomic E-state index is 0.0175. The molecule has 0 spiro atoms. The second-order valence-corrected chi connectivity index (χ2v) is 6.34. The molecule has 0 aromatic heterocycles. The van der Waals surface area contributed by atoms with Crippen LogP contribution >= 0.6 is 23.2 Å². The van der Waals surface area contributed by atoms with E-state index in [9.17, 15) is 4.79 Å². The average molecular weight is 300 g/mol. The summed E-state index contributed by atoms with van der Waals surface area (Å²) < 4.78 is 0. The van der Waals surface area contributed by atoms with Crippen LogP contribution in [0.15, 0.2) is 18.2 Å². The monoisotopic (exact) mass is 299 g/mol. The molecule has 1 amide bonds. The fourth-order valence-corrected chi connectivity index (χ4v) is 3.09. The molecule has 1 fully saturated rings. The van der Waals surface area contributed by atoms with Gasteiger partial charge in [0, 0.05) is 18.1 Å². The van der Waals surface area contributed by atoms with Crippen LogP contribution in [-0.2, 0) is 0 Å². The largest absolute Gasteiger partial charge is 0.339 e. The second kappa shape index (κ2) is 6.15. The van der Waals surface area contributed by atoms with Crippen LogP contribution in [0.4, 0.5) is 0 Å². The molecule has 1 heterocycles. The smallest absolute Gasteiger partial charge is 0.255 e. The third-order valence-corrected chi connectivity index (χ3v) is 4.48. The minimum atomic E-state index is 0.0175. The van der Waals surface area contributed by atoms with Crippen LogP contribution in [0.5, 0.6) is 0 Å².